The van der Waals surface area contributed by atoms with Gasteiger partial charge in [0.25, 0.3) is 15.9 Å². The molecule has 3 aliphatic heterocycles. The van der Waals surface area contributed by atoms with Crippen molar-refractivity contribution in [2.45, 2.75) is 23.1 Å². The molecule has 3 aliphatic rings. The topological polar surface area (TPSA) is 120 Å². The summed E-state index contributed by atoms with van der Waals surface area (Å²) in [4.78, 5) is 13.0. The lowest BCUT2D eigenvalue weighted by Crippen LogP contribution is -2.40. The van der Waals surface area contributed by atoms with Gasteiger partial charge in [-0.25, -0.2) is 8.42 Å². The molecule has 10 nitrogen and oxygen atoms in total. The quantitative estimate of drug-likeness (QED) is 0.384. The number of methoxy groups -OCH3 is 1. The summed E-state index contributed by atoms with van der Waals surface area (Å²) in [6.45, 7) is 0.913. The molecular weight excluding hydrogens is 554 g/mol. The van der Waals surface area contributed by atoms with Crippen molar-refractivity contribution < 1.29 is 31.9 Å². The van der Waals surface area contributed by atoms with Crippen LogP contribution in [-0.4, -0.2) is 57.2 Å². The molecule has 5 heterocycles. The summed E-state index contributed by atoms with van der Waals surface area (Å²) in [6, 6.07) is 15.5. The van der Waals surface area contributed by atoms with E-state index in [9.17, 15) is 13.2 Å². The molecule has 0 radical (unpaired) electrons. The highest BCUT2D eigenvalue weighted by molar-refractivity contribution is 7.91. The number of carbonyl (C=O) groups excluding carboxylic acids is 1. The van der Waals surface area contributed by atoms with Gasteiger partial charge in [-0.1, -0.05) is 17.3 Å². The molecule has 12 heteroatoms. The zero-order chi connectivity index (χ0) is 27.7. The minimum absolute atomic E-state index is 0.162. The predicted molar refractivity (Wildman–Crippen MR) is 147 cm³/mol. The maximum absolute atomic E-state index is 14.2. The standard InChI is InChI=1S/C28H27N3O7S2/c1-35-23-16-21-18-9-12-31(40(33,34)27-7-6-25(39-27)22-8-11-30-38-22)28(21)19-4-2-5-20(14-19)36-13-3-10-29-26(32)17-37-24(23)15-18/h2,4-8,11,14-16,28H,3,9-10,12-13,17H2,1H3,(H,29,32). The van der Waals surface area contributed by atoms with E-state index in [1.165, 1.54) is 17.6 Å². The average molecular weight is 582 g/mol. The third-order valence-corrected chi connectivity index (χ3v) is 10.3. The molecule has 1 atom stereocenters. The van der Waals surface area contributed by atoms with Gasteiger partial charge >= 0.3 is 0 Å². The van der Waals surface area contributed by atoms with Crippen molar-refractivity contribution in [3.05, 3.63) is 77.5 Å². The van der Waals surface area contributed by atoms with Crippen molar-refractivity contribution in [3.63, 3.8) is 0 Å². The molecule has 208 valence electrons. The lowest BCUT2D eigenvalue weighted by atomic mass is 9.89. The summed E-state index contributed by atoms with van der Waals surface area (Å²) in [6.07, 6.45) is 2.58. The first kappa shape index (κ1) is 26.4. The maximum atomic E-state index is 14.2. The smallest absolute Gasteiger partial charge is 0.257 e. The molecule has 0 saturated carbocycles. The number of amides is 1. The summed E-state index contributed by atoms with van der Waals surface area (Å²) < 4.78 is 52.8. The molecule has 4 aromatic rings. The van der Waals surface area contributed by atoms with Crippen LogP contribution in [-0.2, 0) is 21.2 Å². The van der Waals surface area contributed by atoms with Crippen LogP contribution in [0.25, 0.3) is 10.6 Å². The number of rotatable bonds is 4. The van der Waals surface area contributed by atoms with Crippen molar-refractivity contribution >= 4 is 27.3 Å². The van der Waals surface area contributed by atoms with Crippen LogP contribution in [0.2, 0.25) is 0 Å². The normalized spacial score (nSPS) is 18.0. The van der Waals surface area contributed by atoms with Gasteiger partial charge in [0.15, 0.2) is 23.9 Å². The first-order valence-corrected chi connectivity index (χ1v) is 15.1. The number of nitrogens with zero attached hydrogens (tertiary/aromatic N) is 2. The van der Waals surface area contributed by atoms with Gasteiger partial charge in [0.1, 0.15) is 9.96 Å². The maximum Gasteiger partial charge on any atom is 0.257 e. The summed E-state index contributed by atoms with van der Waals surface area (Å²) in [5.41, 5.74) is 2.46. The van der Waals surface area contributed by atoms with Crippen LogP contribution < -0.4 is 19.5 Å². The van der Waals surface area contributed by atoms with Crippen LogP contribution in [0.5, 0.6) is 17.2 Å². The summed E-state index contributed by atoms with van der Waals surface area (Å²) in [5, 5.41) is 6.56. The summed E-state index contributed by atoms with van der Waals surface area (Å²) in [7, 11) is -2.40. The Morgan fingerprint density at radius 3 is 2.85 bits per heavy atom. The number of hydrogen-bond acceptors (Lipinski definition) is 9. The highest BCUT2D eigenvalue weighted by atomic mass is 32.2. The second-order valence-corrected chi connectivity index (χ2v) is 12.6. The van der Waals surface area contributed by atoms with E-state index in [0.29, 0.717) is 53.9 Å². The first-order valence-electron chi connectivity index (χ1n) is 12.8. The van der Waals surface area contributed by atoms with E-state index in [4.69, 9.17) is 18.7 Å². The van der Waals surface area contributed by atoms with E-state index in [1.807, 2.05) is 36.4 Å². The number of carbonyl (C=O) groups is 1. The van der Waals surface area contributed by atoms with E-state index >= 15 is 0 Å². The van der Waals surface area contributed by atoms with Crippen molar-refractivity contribution in [2.24, 2.45) is 0 Å². The number of hydrogen-bond donors (Lipinski definition) is 1. The number of thiophene rings is 1. The van der Waals surface area contributed by atoms with E-state index in [-0.39, 0.29) is 23.3 Å². The average Bonchev–Trinajstić information content (AvgIpc) is 3.67. The first-order chi connectivity index (χ1) is 19.4. The molecule has 0 spiro atoms. The van der Waals surface area contributed by atoms with Crippen molar-refractivity contribution in [3.8, 4) is 27.9 Å². The third-order valence-electron chi connectivity index (χ3n) is 6.88. The van der Waals surface area contributed by atoms with E-state index in [2.05, 4.69) is 10.5 Å². The fourth-order valence-electron chi connectivity index (χ4n) is 4.99. The van der Waals surface area contributed by atoms with Crippen LogP contribution in [0.4, 0.5) is 0 Å². The molecule has 0 aliphatic carbocycles. The van der Waals surface area contributed by atoms with Crippen molar-refractivity contribution in [1.82, 2.24) is 14.8 Å². The van der Waals surface area contributed by atoms with Crippen LogP contribution in [0.3, 0.4) is 0 Å². The molecule has 0 saturated heterocycles. The molecule has 1 amide bonds. The Morgan fingerprint density at radius 2 is 2.02 bits per heavy atom. The van der Waals surface area contributed by atoms with Crippen LogP contribution in [0.1, 0.15) is 29.2 Å². The molecule has 40 heavy (non-hydrogen) atoms. The van der Waals surface area contributed by atoms with E-state index < -0.39 is 16.1 Å². The van der Waals surface area contributed by atoms with Crippen LogP contribution >= 0.6 is 11.3 Å². The Labute approximate surface area is 235 Å². The molecule has 2 aromatic heterocycles. The van der Waals surface area contributed by atoms with Gasteiger partial charge in [-0.2, -0.15) is 4.31 Å². The van der Waals surface area contributed by atoms with Gasteiger partial charge in [-0.3, -0.25) is 4.79 Å². The van der Waals surface area contributed by atoms with Crippen LogP contribution in [0, 0.1) is 0 Å². The number of sulfonamides is 1. The molecule has 6 bridgehead atoms. The molecule has 2 aromatic carbocycles. The zero-order valence-electron chi connectivity index (χ0n) is 21.7. The number of aromatic nitrogens is 1. The van der Waals surface area contributed by atoms with Gasteiger partial charge in [-0.15, -0.1) is 11.3 Å². The lowest BCUT2D eigenvalue weighted by molar-refractivity contribution is -0.123. The SMILES string of the molecule is COc1cc2c3cc1OCC(=O)NCCCOc1cccc(c1)C2N(S(=O)(=O)c1ccc(-c2ccno2)s1)CC3. The lowest BCUT2D eigenvalue weighted by Gasteiger charge is -2.37. The predicted octanol–water partition coefficient (Wildman–Crippen LogP) is 4.03. The number of benzene rings is 2. The van der Waals surface area contributed by atoms with Crippen molar-refractivity contribution in [2.75, 3.05) is 33.4 Å². The fourth-order valence-corrected chi connectivity index (χ4v) is 7.98. The number of nitrogens with one attached hydrogen (secondary N) is 1. The monoisotopic (exact) mass is 581 g/mol. The Balaban J connectivity index is 1.47. The Hall–Kier alpha value is -3.87. The van der Waals surface area contributed by atoms with Crippen molar-refractivity contribution in [1.29, 1.82) is 0 Å². The van der Waals surface area contributed by atoms with E-state index in [1.54, 1.807) is 18.2 Å². The number of ether oxygens (including phenoxy) is 3. The van der Waals surface area contributed by atoms with Crippen LogP contribution in [0.15, 0.2) is 69.5 Å². The molecule has 1 N–H and O–H groups in total. The second kappa shape index (κ2) is 11.0. The Morgan fingerprint density at radius 1 is 1.12 bits per heavy atom. The molecular formula is C28H27N3O7S2. The number of fused-ring (bicyclic) bond motifs is 8. The zero-order valence-corrected chi connectivity index (χ0v) is 23.3. The largest absolute Gasteiger partial charge is 0.494 e. The summed E-state index contributed by atoms with van der Waals surface area (Å²) in [5.74, 6) is 1.74. The third kappa shape index (κ3) is 5.05. The minimum Gasteiger partial charge on any atom is -0.494 e. The Kier molecular flexibility index (Phi) is 7.22. The van der Waals surface area contributed by atoms with Gasteiger partial charge in [-0.05, 0) is 65.9 Å². The highest BCUT2D eigenvalue weighted by Crippen LogP contribution is 2.45. The summed E-state index contributed by atoms with van der Waals surface area (Å²) >= 11 is 1.14. The molecule has 0 fully saturated rings. The second-order valence-electron chi connectivity index (χ2n) is 9.38. The van der Waals surface area contributed by atoms with Gasteiger partial charge in [0.2, 0.25) is 0 Å². The molecule has 1 unspecified atom stereocenters. The fraction of sp³-hybridized carbons (Fsp3) is 0.286. The molecule has 7 rings (SSSR count). The van der Waals surface area contributed by atoms with Gasteiger partial charge in [0, 0.05) is 19.2 Å². The van der Waals surface area contributed by atoms with Gasteiger partial charge < -0.3 is 24.1 Å². The Bertz CT molecular complexity index is 1630. The van der Waals surface area contributed by atoms with E-state index in [0.717, 1.165) is 28.0 Å². The highest BCUT2D eigenvalue weighted by Gasteiger charge is 2.39. The van der Waals surface area contributed by atoms with Gasteiger partial charge in [0.05, 0.1) is 30.8 Å². The minimum atomic E-state index is -3.92.